The quantitative estimate of drug-likeness (QED) is 0.873. The number of hydrogen-bond acceptors (Lipinski definition) is 4. The number of carbonyl (C=O) groups is 2. The molecule has 2 rings (SSSR count). The van der Waals surface area contributed by atoms with Crippen LogP contribution in [-0.2, 0) is 4.79 Å². The second kappa shape index (κ2) is 5.90. The average Bonchev–Trinajstić information content (AvgIpc) is 2.48. The molecule has 0 aliphatic heterocycles. The van der Waals surface area contributed by atoms with Gasteiger partial charge in [0.25, 0.3) is 5.91 Å². The number of carboxylic acids is 1. The van der Waals surface area contributed by atoms with Gasteiger partial charge in [-0.15, -0.1) is 0 Å². The van der Waals surface area contributed by atoms with E-state index >= 15 is 0 Å². The van der Waals surface area contributed by atoms with Gasteiger partial charge in [0.15, 0.2) is 0 Å². The third-order valence-corrected chi connectivity index (χ3v) is 3.68. The number of ether oxygens (including phenoxy) is 1. The summed E-state index contributed by atoms with van der Waals surface area (Å²) in [6.07, 6.45) is 4.96. The van der Waals surface area contributed by atoms with E-state index in [1.807, 2.05) is 0 Å². The number of amides is 1. The Morgan fingerprint density at radius 3 is 2.50 bits per heavy atom. The molecule has 0 saturated heterocycles. The van der Waals surface area contributed by atoms with Gasteiger partial charge in [0.2, 0.25) is 5.88 Å². The summed E-state index contributed by atoms with van der Waals surface area (Å²) in [5, 5.41) is 12.1. The van der Waals surface area contributed by atoms with Gasteiger partial charge >= 0.3 is 5.97 Å². The number of aromatic nitrogens is 1. The molecule has 0 bridgehead atoms. The van der Waals surface area contributed by atoms with Crippen molar-refractivity contribution in [1.29, 1.82) is 0 Å². The normalized spacial score (nSPS) is 17.2. The molecular formula is C14H18N2O4. The summed E-state index contributed by atoms with van der Waals surface area (Å²) < 4.78 is 4.92. The molecule has 6 nitrogen and oxygen atoms in total. The molecule has 0 atom stereocenters. The summed E-state index contributed by atoms with van der Waals surface area (Å²) in [7, 11) is 1.49. The minimum atomic E-state index is -1.14. The smallest absolute Gasteiger partial charge is 0.329 e. The Bertz CT molecular complexity index is 492. The largest absolute Gasteiger partial charge is 0.481 e. The van der Waals surface area contributed by atoms with E-state index < -0.39 is 17.4 Å². The van der Waals surface area contributed by atoms with Crippen molar-refractivity contribution in [3.63, 3.8) is 0 Å². The minimum Gasteiger partial charge on any atom is -0.481 e. The van der Waals surface area contributed by atoms with Crippen LogP contribution < -0.4 is 10.1 Å². The van der Waals surface area contributed by atoms with E-state index in [-0.39, 0.29) is 0 Å². The van der Waals surface area contributed by atoms with Crippen LogP contribution >= 0.6 is 0 Å². The summed E-state index contributed by atoms with van der Waals surface area (Å²) in [5.74, 6) is -0.969. The van der Waals surface area contributed by atoms with Crippen LogP contribution in [0.4, 0.5) is 0 Å². The highest BCUT2D eigenvalue weighted by molar-refractivity contribution is 5.97. The van der Waals surface area contributed by atoms with Gasteiger partial charge in [-0.3, -0.25) is 4.79 Å². The number of carboxylic acid groups (broad SMARTS) is 1. The highest BCUT2D eigenvalue weighted by Crippen LogP contribution is 2.28. The van der Waals surface area contributed by atoms with Crippen molar-refractivity contribution in [3.8, 4) is 5.88 Å². The van der Waals surface area contributed by atoms with Crippen LogP contribution in [-0.4, -0.2) is 34.6 Å². The van der Waals surface area contributed by atoms with Gasteiger partial charge in [-0.05, 0) is 18.9 Å². The van der Waals surface area contributed by atoms with E-state index in [4.69, 9.17) is 4.74 Å². The minimum absolute atomic E-state index is 0.331. The van der Waals surface area contributed by atoms with Gasteiger partial charge < -0.3 is 15.2 Å². The van der Waals surface area contributed by atoms with E-state index in [9.17, 15) is 14.7 Å². The fraction of sp³-hybridized carbons (Fsp3) is 0.500. The van der Waals surface area contributed by atoms with Crippen molar-refractivity contribution >= 4 is 11.9 Å². The molecule has 0 aromatic carbocycles. The summed E-state index contributed by atoms with van der Waals surface area (Å²) in [6.45, 7) is 0. The van der Waals surface area contributed by atoms with Crippen LogP contribution in [0.15, 0.2) is 18.3 Å². The van der Waals surface area contributed by atoms with Gasteiger partial charge in [0, 0.05) is 12.3 Å². The summed E-state index contributed by atoms with van der Waals surface area (Å²) in [5.41, 5.74) is -0.813. The fourth-order valence-corrected chi connectivity index (χ4v) is 2.47. The van der Waals surface area contributed by atoms with Crippen molar-refractivity contribution in [2.24, 2.45) is 0 Å². The summed E-state index contributed by atoms with van der Waals surface area (Å²) in [6, 6.07) is 3.14. The van der Waals surface area contributed by atoms with Gasteiger partial charge in [0.05, 0.1) is 12.7 Å². The Morgan fingerprint density at radius 2 is 2.00 bits per heavy atom. The zero-order chi connectivity index (χ0) is 14.6. The van der Waals surface area contributed by atoms with Gasteiger partial charge in [-0.2, -0.15) is 0 Å². The van der Waals surface area contributed by atoms with Crippen LogP contribution in [0.5, 0.6) is 5.88 Å². The molecule has 0 spiro atoms. The van der Waals surface area contributed by atoms with E-state index in [0.29, 0.717) is 24.3 Å². The van der Waals surface area contributed by atoms with Crippen LogP contribution in [0.1, 0.15) is 42.5 Å². The number of rotatable bonds is 4. The second-order valence-corrected chi connectivity index (χ2v) is 4.99. The number of pyridine rings is 1. The predicted molar refractivity (Wildman–Crippen MR) is 71.7 cm³/mol. The molecular weight excluding hydrogens is 260 g/mol. The molecule has 1 aromatic heterocycles. The topological polar surface area (TPSA) is 88.5 Å². The number of nitrogens with zero attached hydrogens (tertiary/aromatic N) is 1. The molecule has 0 unspecified atom stereocenters. The van der Waals surface area contributed by atoms with E-state index in [0.717, 1.165) is 19.3 Å². The molecule has 1 aromatic rings. The van der Waals surface area contributed by atoms with Gasteiger partial charge in [-0.1, -0.05) is 19.3 Å². The molecule has 1 fully saturated rings. The molecule has 0 radical (unpaired) electrons. The van der Waals surface area contributed by atoms with Crippen molar-refractivity contribution in [3.05, 3.63) is 23.9 Å². The highest BCUT2D eigenvalue weighted by Gasteiger charge is 2.41. The van der Waals surface area contributed by atoms with Crippen molar-refractivity contribution < 1.29 is 19.4 Å². The van der Waals surface area contributed by atoms with Crippen molar-refractivity contribution in [1.82, 2.24) is 10.3 Å². The lowest BCUT2D eigenvalue weighted by molar-refractivity contribution is -0.145. The molecule has 6 heteroatoms. The lowest BCUT2D eigenvalue weighted by Crippen LogP contribution is -2.55. The third kappa shape index (κ3) is 2.89. The monoisotopic (exact) mass is 278 g/mol. The second-order valence-electron chi connectivity index (χ2n) is 4.99. The Hall–Kier alpha value is -2.11. The Morgan fingerprint density at radius 1 is 1.30 bits per heavy atom. The average molecular weight is 278 g/mol. The first kappa shape index (κ1) is 14.3. The Kier molecular flexibility index (Phi) is 4.22. The van der Waals surface area contributed by atoms with E-state index in [2.05, 4.69) is 10.3 Å². The number of carbonyl (C=O) groups excluding carboxylic acids is 1. The summed E-state index contributed by atoms with van der Waals surface area (Å²) in [4.78, 5) is 27.6. The molecule has 1 saturated carbocycles. The number of aliphatic carboxylic acids is 1. The van der Waals surface area contributed by atoms with Gasteiger partial charge in [0.1, 0.15) is 5.54 Å². The first-order valence-electron chi connectivity index (χ1n) is 6.63. The Balaban J connectivity index is 2.13. The SMILES string of the molecule is COc1ccc(C(=O)NC2(C(=O)O)CCCCC2)cn1. The third-order valence-electron chi connectivity index (χ3n) is 3.68. The maximum absolute atomic E-state index is 12.2. The lowest BCUT2D eigenvalue weighted by atomic mass is 9.81. The van der Waals surface area contributed by atoms with Crippen LogP contribution in [0.3, 0.4) is 0 Å². The molecule has 1 aliphatic carbocycles. The van der Waals surface area contributed by atoms with Gasteiger partial charge in [-0.25, -0.2) is 9.78 Å². The number of methoxy groups -OCH3 is 1. The molecule has 1 heterocycles. The van der Waals surface area contributed by atoms with Crippen LogP contribution in [0.2, 0.25) is 0 Å². The molecule has 2 N–H and O–H groups in total. The molecule has 1 amide bonds. The first-order chi connectivity index (χ1) is 9.57. The lowest BCUT2D eigenvalue weighted by Gasteiger charge is -2.33. The van der Waals surface area contributed by atoms with E-state index in [1.54, 1.807) is 12.1 Å². The molecule has 20 heavy (non-hydrogen) atoms. The van der Waals surface area contributed by atoms with Crippen LogP contribution in [0, 0.1) is 0 Å². The number of hydrogen-bond donors (Lipinski definition) is 2. The molecule has 108 valence electrons. The van der Waals surface area contributed by atoms with Crippen LogP contribution in [0.25, 0.3) is 0 Å². The zero-order valence-electron chi connectivity index (χ0n) is 11.4. The van der Waals surface area contributed by atoms with E-state index in [1.165, 1.54) is 13.3 Å². The summed E-state index contributed by atoms with van der Waals surface area (Å²) >= 11 is 0. The maximum atomic E-state index is 12.2. The predicted octanol–water partition coefficient (Wildman–Crippen LogP) is 1.61. The molecule has 1 aliphatic rings. The Labute approximate surface area is 117 Å². The number of nitrogens with one attached hydrogen (secondary N) is 1. The fourth-order valence-electron chi connectivity index (χ4n) is 2.47. The highest BCUT2D eigenvalue weighted by atomic mass is 16.5. The zero-order valence-corrected chi connectivity index (χ0v) is 11.4. The van der Waals surface area contributed by atoms with Crippen molar-refractivity contribution in [2.75, 3.05) is 7.11 Å². The first-order valence-corrected chi connectivity index (χ1v) is 6.63. The standard InChI is InChI=1S/C14H18N2O4/c1-20-11-6-5-10(9-15-11)12(17)16-14(13(18)19)7-3-2-4-8-14/h5-6,9H,2-4,7-8H2,1H3,(H,16,17)(H,18,19). The maximum Gasteiger partial charge on any atom is 0.329 e. The van der Waals surface area contributed by atoms with Crippen molar-refractivity contribution in [2.45, 2.75) is 37.6 Å².